The molecule has 0 saturated heterocycles. The maximum Gasteiger partial charge on any atom is 0.318 e. The number of fused-ring (bicyclic) bond motifs is 6. The zero-order chi connectivity index (χ0) is 15.4. The van der Waals surface area contributed by atoms with E-state index in [1.54, 1.807) is 0 Å². The molecule has 0 heterocycles. The third-order valence-electron chi connectivity index (χ3n) is 6.87. The van der Waals surface area contributed by atoms with E-state index in [4.69, 9.17) is 4.74 Å². The average Bonchev–Trinajstić information content (AvgIpc) is 3.28. The van der Waals surface area contributed by atoms with Crippen LogP contribution >= 0.6 is 0 Å². The third-order valence-corrected chi connectivity index (χ3v) is 6.87. The molecule has 4 atom stereocenters. The fourth-order valence-corrected chi connectivity index (χ4v) is 5.97. The Labute approximate surface area is 136 Å². The molecule has 0 spiro atoms. The molecular formula is C21H22O2. The van der Waals surface area contributed by atoms with Crippen LogP contribution in [0, 0.1) is 23.2 Å². The van der Waals surface area contributed by atoms with Crippen molar-refractivity contribution in [3.05, 3.63) is 42.5 Å². The minimum absolute atomic E-state index is 0.0588. The molecule has 3 aliphatic rings. The number of esters is 1. The molecular weight excluding hydrogens is 284 g/mol. The van der Waals surface area contributed by atoms with Crippen LogP contribution in [0.3, 0.4) is 0 Å². The molecule has 2 heteroatoms. The van der Waals surface area contributed by atoms with Crippen molar-refractivity contribution in [3.8, 4) is 5.75 Å². The van der Waals surface area contributed by atoms with E-state index in [2.05, 4.69) is 12.1 Å². The van der Waals surface area contributed by atoms with Crippen LogP contribution in [0.15, 0.2) is 42.5 Å². The minimum Gasteiger partial charge on any atom is -0.425 e. The number of carbonyl (C=O) groups is 1. The van der Waals surface area contributed by atoms with Crippen LogP contribution in [0.4, 0.5) is 0 Å². The van der Waals surface area contributed by atoms with E-state index in [-0.39, 0.29) is 11.4 Å². The molecule has 2 nitrogen and oxygen atoms in total. The summed E-state index contributed by atoms with van der Waals surface area (Å²) in [4.78, 5) is 13.2. The lowest BCUT2D eigenvalue weighted by molar-refractivity contribution is -0.151. The van der Waals surface area contributed by atoms with Crippen molar-refractivity contribution >= 4 is 16.7 Å². The first-order valence-electron chi connectivity index (χ1n) is 8.99. The fourth-order valence-electron chi connectivity index (χ4n) is 5.97. The van der Waals surface area contributed by atoms with Gasteiger partial charge in [0.2, 0.25) is 0 Å². The van der Waals surface area contributed by atoms with Gasteiger partial charge in [0.1, 0.15) is 5.75 Å². The molecule has 23 heavy (non-hydrogen) atoms. The third kappa shape index (κ3) is 1.78. The lowest BCUT2D eigenvalue weighted by Gasteiger charge is -2.36. The first kappa shape index (κ1) is 13.6. The zero-order valence-corrected chi connectivity index (χ0v) is 13.3. The predicted molar refractivity (Wildman–Crippen MR) is 90.2 cm³/mol. The Kier molecular flexibility index (Phi) is 2.86. The molecule has 118 valence electrons. The average molecular weight is 306 g/mol. The van der Waals surface area contributed by atoms with Gasteiger partial charge >= 0.3 is 5.97 Å². The van der Waals surface area contributed by atoms with Gasteiger partial charge in [-0.25, -0.2) is 0 Å². The summed E-state index contributed by atoms with van der Waals surface area (Å²) in [6, 6.07) is 14.1. The monoisotopic (exact) mass is 306 g/mol. The zero-order valence-electron chi connectivity index (χ0n) is 13.3. The lowest BCUT2D eigenvalue weighted by Crippen LogP contribution is -2.42. The second kappa shape index (κ2) is 4.83. The van der Waals surface area contributed by atoms with E-state index >= 15 is 0 Å². The molecule has 4 unspecified atom stereocenters. The summed E-state index contributed by atoms with van der Waals surface area (Å²) in [7, 11) is 0. The van der Waals surface area contributed by atoms with Gasteiger partial charge in [-0.05, 0) is 61.3 Å². The molecule has 0 aromatic heterocycles. The van der Waals surface area contributed by atoms with Crippen molar-refractivity contribution in [3.63, 3.8) is 0 Å². The number of carbonyl (C=O) groups excluding carboxylic acids is 1. The first-order valence-corrected chi connectivity index (χ1v) is 8.99. The summed E-state index contributed by atoms with van der Waals surface area (Å²) >= 11 is 0. The molecule has 3 aliphatic carbocycles. The molecule has 2 aromatic rings. The van der Waals surface area contributed by atoms with Crippen LogP contribution in [0.25, 0.3) is 10.8 Å². The van der Waals surface area contributed by atoms with Gasteiger partial charge in [-0.3, -0.25) is 4.79 Å². The predicted octanol–water partition coefficient (Wildman–Crippen LogP) is 4.96. The lowest BCUT2D eigenvalue weighted by atomic mass is 9.68. The highest BCUT2D eigenvalue weighted by molar-refractivity contribution is 5.91. The number of ether oxygens (including phenoxy) is 1. The normalized spacial score (nSPS) is 34.7. The Morgan fingerprint density at radius 1 is 1.04 bits per heavy atom. The van der Waals surface area contributed by atoms with Gasteiger partial charge in [0.25, 0.3) is 0 Å². The summed E-state index contributed by atoms with van der Waals surface area (Å²) in [5.74, 6) is 2.73. The Morgan fingerprint density at radius 3 is 2.87 bits per heavy atom. The van der Waals surface area contributed by atoms with Crippen LogP contribution in [-0.2, 0) is 4.79 Å². The summed E-state index contributed by atoms with van der Waals surface area (Å²) in [5.41, 5.74) is -0.167. The Balaban J connectivity index is 1.52. The van der Waals surface area contributed by atoms with Gasteiger partial charge in [0, 0.05) is 5.39 Å². The van der Waals surface area contributed by atoms with Gasteiger partial charge in [0.05, 0.1) is 5.41 Å². The first-order chi connectivity index (χ1) is 11.3. The van der Waals surface area contributed by atoms with Crippen molar-refractivity contribution in [2.24, 2.45) is 23.2 Å². The number of benzene rings is 2. The number of rotatable bonds is 2. The molecule has 3 saturated carbocycles. The standard InChI is InChI=1S/C21H22O2/c22-20(21-12-4-8-18(21)15-10-11-16(21)13-15)23-19-9-3-6-14-5-1-2-7-17(14)19/h1-3,5-7,9,15-16,18H,4,8,10-13H2. The largest absolute Gasteiger partial charge is 0.425 e. The second-order valence-electron chi connectivity index (χ2n) is 7.68. The maximum atomic E-state index is 13.2. The molecule has 5 rings (SSSR count). The van der Waals surface area contributed by atoms with E-state index in [0.29, 0.717) is 11.8 Å². The molecule has 0 radical (unpaired) electrons. The highest BCUT2D eigenvalue weighted by Gasteiger charge is 2.64. The van der Waals surface area contributed by atoms with Crippen LogP contribution < -0.4 is 4.74 Å². The highest BCUT2D eigenvalue weighted by Crippen LogP contribution is 2.66. The number of hydrogen-bond acceptors (Lipinski definition) is 2. The molecule has 0 N–H and O–H groups in total. The summed E-state index contributed by atoms with van der Waals surface area (Å²) in [5, 5.41) is 2.17. The fraction of sp³-hybridized carbons (Fsp3) is 0.476. The maximum absolute atomic E-state index is 13.2. The Bertz CT molecular complexity index is 775. The van der Waals surface area contributed by atoms with E-state index in [1.165, 1.54) is 32.1 Å². The van der Waals surface area contributed by atoms with Gasteiger partial charge in [0.15, 0.2) is 0 Å². The highest BCUT2D eigenvalue weighted by atomic mass is 16.5. The van der Waals surface area contributed by atoms with Crippen molar-refractivity contribution in [2.45, 2.75) is 38.5 Å². The summed E-state index contributed by atoms with van der Waals surface area (Å²) in [6.07, 6.45) is 7.29. The molecule has 2 aromatic carbocycles. The van der Waals surface area contributed by atoms with Crippen LogP contribution in [0.5, 0.6) is 5.75 Å². The van der Waals surface area contributed by atoms with E-state index in [0.717, 1.165) is 28.9 Å². The summed E-state index contributed by atoms with van der Waals surface area (Å²) < 4.78 is 6.03. The molecule has 0 amide bonds. The second-order valence-corrected chi connectivity index (χ2v) is 7.68. The molecule has 2 bridgehead atoms. The van der Waals surface area contributed by atoms with Crippen molar-refractivity contribution in [2.75, 3.05) is 0 Å². The minimum atomic E-state index is -0.167. The van der Waals surface area contributed by atoms with Crippen LogP contribution in [0.2, 0.25) is 0 Å². The quantitative estimate of drug-likeness (QED) is 0.579. The Morgan fingerprint density at radius 2 is 1.91 bits per heavy atom. The van der Waals surface area contributed by atoms with Crippen molar-refractivity contribution in [1.29, 1.82) is 0 Å². The van der Waals surface area contributed by atoms with Crippen molar-refractivity contribution in [1.82, 2.24) is 0 Å². The summed E-state index contributed by atoms with van der Waals surface area (Å²) in [6.45, 7) is 0. The molecule has 3 fully saturated rings. The molecule has 0 aliphatic heterocycles. The van der Waals surface area contributed by atoms with Crippen molar-refractivity contribution < 1.29 is 9.53 Å². The van der Waals surface area contributed by atoms with Crippen LogP contribution in [-0.4, -0.2) is 5.97 Å². The van der Waals surface area contributed by atoms with Crippen LogP contribution in [0.1, 0.15) is 38.5 Å². The van der Waals surface area contributed by atoms with E-state index in [1.807, 2.05) is 30.3 Å². The Hall–Kier alpha value is -1.83. The smallest absolute Gasteiger partial charge is 0.318 e. The van der Waals surface area contributed by atoms with Gasteiger partial charge < -0.3 is 4.74 Å². The van der Waals surface area contributed by atoms with E-state index in [9.17, 15) is 4.79 Å². The van der Waals surface area contributed by atoms with Gasteiger partial charge in [-0.15, -0.1) is 0 Å². The van der Waals surface area contributed by atoms with Gasteiger partial charge in [-0.2, -0.15) is 0 Å². The topological polar surface area (TPSA) is 26.3 Å². The van der Waals surface area contributed by atoms with E-state index < -0.39 is 0 Å². The SMILES string of the molecule is O=C(Oc1cccc2ccccc12)C12CCCC1C1CCC2C1. The van der Waals surface area contributed by atoms with Gasteiger partial charge in [-0.1, -0.05) is 42.8 Å². The number of hydrogen-bond donors (Lipinski definition) is 0.